The second kappa shape index (κ2) is 5.87. The molecule has 0 aliphatic carbocycles. The third-order valence-electron chi connectivity index (χ3n) is 3.64. The monoisotopic (exact) mass is 247 g/mol. The molecule has 1 heterocycles. The van der Waals surface area contributed by atoms with Gasteiger partial charge in [0.25, 0.3) is 0 Å². The number of benzene rings is 1. The fourth-order valence-corrected chi connectivity index (χ4v) is 2.50. The number of amides is 1. The summed E-state index contributed by atoms with van der Waals surface area (Å²) in [4.78, 5) is 15.8. The molecule has 1 amide bonds. The Kier molecular flexibility index (Phi) is 4.20. The zero-order valence-electron chi connectivity index (χ0n) is 10.9. The number of rotatable bonds is 3. The molecule has 1 aromatic rings. The number of likely N-dealkylation sites (tertiary alicyclic amines) is 1. The first-order chi connectivity index (χ1) is 8.72. The number of likely N-dealkylation sites (N-methyl/N-ethyl adjacent to an activating group) is 1. The van der Waals surface area contributed by atoms with Crippen LogP contribution in [0.3, 0.4) is 0 Å². The maximum Gasteiger partial charge on any atom is 0.236 e. The van der Waals surface area contributed by atoms with Crippen molar-refractivity contribution in [2.24, 2.45) is 5.73 Å². The summed E-state index contributed by atoms with van der Waals surface area (Å²) < 4.78 is 0. The normalized spacial score (nSPS) is 19.7. The summed E-state index contributed by atoms with van der Waals surface area (Å²) in [5.74, 6) is 0.0566. The van der Waals surface area contributed by atoms with E-state index in [2.05, 4.69) is 24.1 Å². The van der Waals surface area contributed by atoms with Gasteiger partial charge in [0.2, 0.25) is 5.91 Å². The van der Waals surface area contributed by atoms with Crippen molar-refractivity contribution in [2.75, 3.05) is 31.6 Å². The van der Waals surface area contributed by atoms with E-state index >= 15 is 0 Å². The number of hydrogen-bond acceptors (Lipinski definition) is 3. The molecule has 1 saturated heterocycles. The van der Waals surface area contributed by atoms with Crippen LogP contribution in [0, 0.1) is 0 Å². The van der Waals surface area contributed by atoms with Crippen molar-refractivity contribution in [1.82, 2.24) is 4.90 Å². The third kappa shape index (κ3) is 2.82. The lowest BCUT2D eigenvalue weighted by Crippen LogP contribution is -2.50. The van der Waals surface area contributed by atoms with Crippen molar-refractivity contribution in [3.63, 3.8) is 0 Å². The summed E-state index contributed by atoms with van der Waals surface area (Å²) in [5, 5.41) is 0. The van der Waals surface area contributed by atoms with Crippen molar-refractivity contribution in [3.05, 3.63) is 30.3 Å². The van der Waals surface area contributed by atoms with Crippen molar-refractivity contribution < 1.29 is 4.79 Å². The number of para-hydroxylation sites is 1. The van der Waals surface area contributed by atoms with Crippen molar-refractivity contribution in [3.8, 4) is 0 Å². The van der Waals surface area contributed by atoms with E-state index in [4.69, 9.17) is 5.73 Å². The second-order valence-electron chi connectivity index (χ2n) is 4.79. The predicted molar refractivity (Wildman–Crippen MR) is 73.5 cm³/mol. The molecule has 0 spiro atoms. The van der Waals surface area contributed by atoms with Crippen LogP contribution in [0.4, 0.5) is 5.69 Å². The molecule has 4 heteroatoms. The van der Waals surface area contributed by atoms with Gasteiger partial charge in [0, 0.05) is 31.9 Å². The predicted octanol–water partition coefficient (Wildman–Crippen LogP) is 1.07. The molecule has 0 radical (unpaired) electrons. The van der Waals surface area contributed by atoms with Gasteiger partial charge in [-0.25, -0.2) is 0 Å². The van der Waals surface area contributed by atoms with Crippen LogP contribution in [0.15, 0.2) is 30.3 Å². The quantitative estimate of drug-likeness (QED) is 0.869. The Balaban J connectivity index is 2.03. The van der Waals surface area contributed by atoms with Gasteiger partial charge in [0.1, 0.15) is 0 Å². The van der Waals surface area contributed by atoms with E-state index in [0.29, 0.717) is 6.04 Å². The van der Waals surface area contributed by atoms with Crippen LogP contribution in [0.1, 0.15) is 12.8 Å². The van der Waals surface area contributed by atoms with Crippen molar-refractivity contribution in [2.45, 2.75) is 18.9 Å². The highest BCUT2D eigenvalue weighted by Gasteiger charge is 2.25. The number of carbonyl (C=O) groups is 1. The van der Waals surface area contributed by atoms with E-state index < -0.39 is 0 Å². The van der Waals surface area contributed by atoms with Gasteiger partial charge in [0.15, 0.2) is 0 Å². The largest absolute Gasteiger partial charge is 0.370 e. The molecule has 1 fully saturated rings. The lowest BCUT2D eigenvalue weighted by atomic mass is 10.0. The van der Waals surface area contributed by atoms with Gasteiger partial charge in [-0.2, -0.15) is 0 Å². The van der Waals surface area contributed by atoms with Crippen LogP contribution >= 0.6 is 0 Å². The Morgan fingerprint density at radius 2 is 2.17 bits per heavy atom. The minimum absolute atomic E-state index is 0.0566. The molecule has 0 aromatic heterocycles. The van der Waals surface area contributed by atoms with Crippen LogP contribution in [0.2, 0.25) is 0 Å². The smallest absolute Gasteiger partial charge is 0.236 e. The second-order valence-corrected chi connectivity index (χ2v) is 4.79. The molecule has 1 aromatic carbocycles. The molecule has 0 saturated carbocycles. The van der Waals surface area contributed by atoms with E-state index in [0.717, 1.165) is 25.9 Å². The van der Waals surface area contributed by atoms with Crippen LogP contribution in [0.5, 0.6) is 0 Å². The fourth-order valence-electron chi connectivity index (χ4n) is 2.50. The van der Waals surface area contributed by atoms with Crippen molar-refractivity contribution >= 4 is 11.6 Å². The Labute approximate surface area is 108 Å². The zero-order valence-corrected chi connectivity index (χ0v) is 10.9. The number of hydrogen-bond donors (Lipinski definition) is 1. The average molecular weight is 247 g/mol. The maximum atomic E-state index is 11.7. The van der Waals surface area contributed by atoms with Gasteiger partial charge in [-0.05, 0) is 25.0 Å². The molecule has 98 valence electrons. The third-order valence-corrected chi connectivity index (χ3v) is 3.64. The Hall–Kier alpha value is -1.55. The lowest BCUT2D eigenvalue weighted by Gasteiger charge is -2.38. The molecule has 0 bridgehead atoms. The topological polar surface area (TPSA) is 49.6 Å². The van der Waals surface area contributed by atoms with Gasteiger partial charge >= 0.3 is 0 Å². The molecular weight excluding hydrogens is 226 g/mol. The minimum atomic E-state index is 0.0566. The summed E-state index contributed by atoms with van der Waals surface area (Å²) in [5.41, 5.74) is 6.63. The Morgan fingerprint density at radius 1 is 1.44 bits per heavy atom. The van der Waals surface area contributed by atoms with Gasteiger partial charge in [-0.1, -0.05) is 18.2 Å². The first-order valence-corrected chi connectivity index (χ1v) is 6.48. The van der Waals surface area contributed by atoms with E-state index in [1.54, 1.807) is 0 Å². The minimum Gasteiger partial charge on any atom is -0.370 e. The van der Waals surface area contributed by atoms with E-state index in [-0.39, 0.29) is 12.5 Å². The summed E-state index contributed by atoms with van der Waals surface area (Å²) in [6, 6.07) is 10.7. The van der Waals surface area contributed by atoms with E-state index in [1.807, 2.05) is 23.1 Å². The highest BCUT2D eigenvalue weighted by Crippen LogP contribution is 2.21. The van der Waals surface area contributed by atoms with E-state index in [9.17, 15) is 4.79 Å². The zero-order chi connectivity index (χ0) is 13.0. The highest BCUT2D eigenvalue weighted by molar-refractivity contribution is 5.78. The van der Waals surface area contributed by atoms with Gasteiger partial charge < -0.3 is 15.5 Å². The number of nitrogens with two attached hydrogens (primary N) is 1. The van der Waals surface area contributed by atoms with Crippen LogP contribution in [0.25, 0.3) is 0 Å². The first kappa shape index (κ1) is 12.9. The first-order valence-electron chi connectivity index (χ1n) is 6.48. The molecule has 1 unspecified atom stereocenters. The SMILES string of the molecule is CN(c1ccccc1)C1CCCN(C(=O)CN)C1. The van der Waals surface area contributed by atoms with Crippen LogP contribution in [-0.2, 0) is 4.79 Å². The molecule has 4 nitrogen and oxygen atoms in total. The molecular formula is C14H21N3O. The standard InChI is InChI=1S/C14H21N3O/c1-16(12-6-3-2-4-7-12)13-8-5-9-17(11-13)14(18)10-15/h2-4,6-7,13H,5,8-11,15H2,1H3. The molecule has 1 aliphatic rings. The average Bonchev–Trinajstić information content (AvgIpc) is 2.46. The molecule has 2 N–H and O–H groups in total. The molecule has 1 aliphatic heterocycles. The summed E-state index contributed by atoms with van der Waals surface area (Å²) in [7, 11) is 2.09. The van der Waals surface area contributed by atoms with Gasteiger partial charge in [0.05, 0.1) is 6.54 Å². The number of carbonyl (C=O) groups excluding carboxylic acids is 1. The Morgan fingerprint density at radius 3 is 2.83 bits per heavy atom. The molecule has 1 atom stereocenters. The van der Waals surface area contributed by atoms with Gasteiger partial charge in [-0.15, -0.1) is 0 Å². The number of nitrogens with zero attached hydrogens (tertiary/aromatic N) is 2. The summed E-state index contributed by atoms with van der Waals surface area (Å²) in [6.07, 6.45) is 2.17. The van der Waals surface area contributed by atoms with Crippen molar-refractivity contribution in [1.29, 1.82) is 0 Å². The summed E-state index contributed by atoms with van der Waals surface area (Å²) in [6.45, 7) is 1.73. The number of anilines is 1. The van der Waals surface area contributed by atoms with Gasteiger partial charge in [-0.3, -0.25) is 4.79 Å². The lowest BCUT2D eigenvalue weighted by molar-refractivity contribution is -0.130. The maximum absolute atomic E-state index is 11.7. The molecule has 18 heavy (non-hydrogen) atoms. The number of piperidine rings is 1. The molecule has 2 rings (SSSR count). The van der Waals surface area contributed by atoms with Crippen LogP contribution < -0.4 is 10.6 Å². The fraction of sp³-hybridized carbons (Fsp3) is 0.500. The van der Waals surface area contributed by atoms with Crippen LogP contribution in [-0.4, -0.2) is 43.5 Å². The van der Waals surface area contributed by atoms with E-state index in [1.165, 1.54) is 5.69 Å². The summed E-state index contributed by atoms with van der Waals surface area (Å²) >= 11 is 0. The highest BCUT2D eigenvalue weighted by atomic mass is 16.2. The Bertz CT molecular complexity index is 393.